The van der Waals surface area contributed by atoms with Crippen LogP contribution in [0.3, 0.4) is 0 Å². The van der Waals surface area contributed by atoms with E-state index < -0.39 is 11.7 Å². The van der Waals surface area contributed by atoms with Crippen LogP contribution in [0.5, 0.6) is 0 Å². The summed E-state index contributed by atoms with van der Waals surface area (Å²) in [4.78, 5) is 41.1. The predicted octanol–water partition coefficient (Wildman–Crippen LogP) is 4.46. The summed E-state index contributed by atoms with van der Waals surface area (Å²) in [5.41, 5.74) is 0.969. The van der Waals surface area contributed by atoms with Crippen LogP contribution in [0.25, 0.3) is 0 Å². The number of nitrogens with one attached hydrogen (secondary N) is 1. The number of esters is 1. The Bertz CT molecular complexity index is 944. The molecule has 0 bridgehead atoms. The molecule has 0 saturated carbocycles. The number of nitrogens with zero attached hydrogens (tertiary/aromatic N) is 2. The number of anilines is 1. The fourth-order valence-electron chi connectivity index (χ4n) is 3.55. The standard InChI is InChI=1S/C23H31N3O5S/c1-6-30-20(27)19-15(2)13-18(32-19)26-12-11-25(22(26)29)14-16-7-9-17(10-8-16)24-21(28)31-23(3,4)5/h7,9-10,13,16H,6,8,11-12,14H2,1-5H3,(H,24,28). The number of allylic oxidation sites excluding steroid dienone is 2. The number of alkyl carbamates (subject to hydrolysis) is 1. The lowest BCUT2D eigenvalue weighted by Crippen LogP contribution is -2.35. The second kappa shape index (κ2) is 9.77. The molecule has 1 aliphatic carbocycles. The molecule has 3 amide bonds. The topological polar surface area (TPSA) is 88.2 Å². The van der Waals surface area contributed by atoms with Gasteiger partial charge >= 0.3 is 18.1 Å². The van der Waals surface area contributed by atoms with Gasteiger partial charge in [0.15, 0.2) is 0 Å². The van der Waals surface area contributed by atoms with Gasteiger partial charge in [0.25, 0.3) is 0 Å². The monoisotopic (exact) mass is 461 g/mol. The maximum atomic E-state index is 13.0. The Morgan fingerprint density at radius 1 is 1.28 bits per heavy atom. The van der Waals surface area contributed by atoms with Crippen molar-refractivity contribution >= 4 is 34.4 Å². The Morgan fingerprint density at radius 3 is 2.66 bits per heavy atom. The van der Waals surface area contributed by atoms with Crippen molar-refractivity contribution < 1.29 is 23.9 Å². The minimum atomic E-state index is -0.550. The minimum Gasteiger partial charge on any atom is -0.462 e. The van der Waals surface area contributed by atoms with Gasteiger partial charge in [-0.25, -0.2) is 14.4 Å². The van der Waals surface area contributed by atoms with Gasteiger partial charge in [-0.15, -0.1) is 11.3 Å². The lowest BCUT2D eigenvalue weighted by atomic mass is 9.99. The van der Waals surface area contributed by atoms with E-state index >= 15 is 0 Å². The lowest BCUT2D eigenvalue weighted by molar-refractivity contribution is 0.0526. The Hall–Kier alpha value is -2.81. The lowest BCUT2D eigenvalue weighted by Gasteiger charge is -2.24. The summed E-state index contributed by atoms with van der Waals surface area (Å²) in [5.74, 6) is -0.178. The molecule has 1 aromatic heterocycles. The molecule has 0 spiro atoms. The maximum Gasteiger partial charge on any atom is 0.412 e. The molecule has 1 aliphatic heterocycles. The summed E-state index contributed by atoms with van der Waals surface area (Å²) in [6, 6.07) is 1.81. The van der Waals surface area contributed by atoms with Gasteiger partial charge in [-0.1, -0.05) is 12.2 Å². The van der Waals surface area contributed by atoms with Crippen LogP contribution >= 0.6 is 11.3 Å². The summed E-state index contributed by atoms with van der Waals surface area (Å²) < 4.78 is 10.4. The van der Waals surface area contributed by atoms with E-state index in [-0.39, 0.29) is 17.9 Å². The van der Waals surface area contributed by atoms with E-state index in [0.29, 0.717) is 36.8 Å². The van der Waals surface area contributed by atoms with Crippen LogP contribution in [-0.2, 0) is 9.47 Å². The number of amides is 3. The van der Waals surface area contributed by atoms with Crippen molar-refractivity contribution in [3.63, 3.8) is 0 Å². The molecule has 174 valence electrons. The van der Waals surface area contributed by atoms with Gasteiger partial charge in [0, 0.05) is 25.3 Å². The van der Waals surface area contributed by atoms with Gasteiger partial charge in [0.1, 0.15) is 15.5 Å². The van der Waals surface area contributed by atoms with Gasteiger partial charge < -0.3 is 14.4 Å². The van der Waals surface area contributed by atoms with Gasteiger partial charge in [-0.3, -0.25) is 10.2 Å². The zero-order valence-electron chi connectivity index (χ0n) is 19.3. The van der Waals surface area contributed by atoms with Crippen LogP contribution in [0.2, 0.25) is 0 Å². The summed E-state index contributed by atoms with van der Waals surface area (Å²) >= 11 is 1.29. The number of hydrogen-bond acceptors (Lipinski definition) is 6. The van der Waals surface area contributed by atoms with Crippen molar-refractivity contribution in [2.24, 2.45) is 5.92 Å². The normalized spacial score (nSPS) is 18.6. The fourth-order valence-corrected chi connectivity index (χ4v) is 4.64. The predicted molar refractivity (Wildman–Crippen MR) is 124 cm³/mol. The van der Waals surface area contributed by atoms with Crippen molar-refractivity contribution in [1.29, 1.82) is 0 Å². The number of ether oxygens (including phenoxy) is 2. The zero-order chi connectivity index (χ0) is 23.5. The first kappa shape index (κ1) is 23.8. The molecular weight excluding hydrogens is 430 g/mol. The molecule has 1 N–H and O–H groups in total. The van der Waals surface area contributed by atoms with E-state index in [2.05, 4.69) is 5.32 Å². The summed E-state index contributed by atoms with van der Waals surface area (Å²) in [6.07, 6.45) is 6.05. The second-order valence-corrected chi connectivity index (χ2v) is 9.87. The van der Waals surface area contributed by atoms with Crippen LogP contribution in [0.1, 0.15) is 49.4 Å². The van der Waals surface area contributed by atoms with E-state index in [1.807, 2.05) is 56.9 Å². The third-order valence-electron chi connectivity index (χ3n) is 5.02. The van der Waals surface area contributed by atoms with Gasteiger partial charge in [-0.05, 0) is 64.7 Å². The van der Waals surface area contributed by atoms with Gasteiger partial charge in [0.2, 0.25) is 0 Å². The highest BCUT2D eigenvalue weighted by Gasteiger charge is 2.32. The van der Waals surface area contributed by atoms with E-state index in [1.165, 1.54) is 11.3 Å². The van der Waals surface area contributed by atoms with Crippen LogP contribution < -0.4 is 10.2 Å². The Morgan fingerprint density at radius 2 is 2.03 bits per heavy atom. The van der Waals surface area contributed by atoms with Crippen molar-refractivity contribution in [3.8, 4) is 0 Å². The Balaban J connectivity index is 1.54. The van der Waals surface area contributed by atoms with Crippen molar-refractivity contribution in [1.82, 2.24) is 10.2 Å². The second-order valence-electron chi connectivity index (χ2n) is 8.84. The SMILES string of the molecule is CCOC(=O)c1sc(N2CCN(CC3C=CC(NC(=O)OC(C)(C)C)=CC3)C2=O)cc1C. The Labute approximate surface area is 192 Å². The molecule has 9 heteroatoms. The molecule has 3 rings (SSSR count). The highest BCUT2D eigenvalue weighted by molar-refractivity contribution is 7.18. The average molecular weight is 462 g/mol. The number of rotatable bonds is 6. The molecule has 1 fully saturated rings. The first-order chi connectivity index (χ1) is 15.1. The zero-order valence-corrected chi connectivity index (χ0v) is 20.1. The molecule has 2 aliphatic rings. The van der Waals surface area contributed by atoms with Crippen molar-refractivity contribution in [2.45, 2.75) is 46.6 Å². The summed E-state index contributed by atoms with van der Waals surface area (Å²) in [6.45, 7) is 11.2. The number of carbonyl (C=O) groups excluding carboxylic acids is 3. The van der Waals surface area contributed by atoms with E-state index in [4.69, 9.17) is 9.47 Å². The van der Waals surface area contributed by atoms with Crippen LogP contribution in [0, 0.1) is 12.8 Å². The molecule has 2 heterocycles. The molecule has 1 unspecified atom stereocenters. The van der Waals surface area contributed by atoms with E-state index in [1.54, 1.807) is 11.8 Å². The quantitative estimate of drug-likeness (QED) is 0.632. The van der Waals surface area contributed by atoms with Crippen LogP contribution in [-0.4, -0.2) is 54.8 Å². The summed E-state index contributed by atoms with van der Waals surface area (Å²) in [5, 5.41) is 3.51. The van der Waals surface area contributed by atoms with E-state index in [0.717, 1.165) is 17.0 Å². The molecular formula is C23H31N3O5S. The third kappa shape index (κ3) is 5.91. The third-order valence-corrected chi connectivity index (χ3v) is 6.26. The van der Waals surface area contributed by atoms with Gasteiger partial charge in [-0.2, -0.15) is 0 Å². The number of aryl methyl sites for hydroxylation is 1. The smallest absolute Gasteiger partial charge is 0.412 e. The molecule has 32 heavy (non-hydrogen) atoms. The maximum absolute atomic E-state index is 13.0. The number of urea groups is 1. The summed E-state index contributed by atoms with van der Waals surface area (Å²) in [7, 11) is 0. The van der Waals surface area contributed by atoms with Crippen molar-refractivity contribution in [2.75, 3.05) is 31.1 Å². The minimum absolute atomic E-state index is 0.0586. The molecule has 8 nitrogen and oxygen atoms in total. The molecule has 1 atom stereocenters. The fraction of sp³-hybridized carbons (Fsp3) is 0.522. The van der Waals surface area contributed by atoms with Crippen LogP contribution in [0.15, 0.2) is 30.0 Å². The average Bonchev–Trinajstić information content (AvgIpc) is 3.25. The largest absolute Gasteiger partial charge is 0.462 e. The first-order valence-corrected chi connectivity index (χ1v) is 11.6. The molecule has 0 radical (unpaired) electrons. The number of hydrogen-bond donors (Lipinski definition) is 1. The molecule has 0 aromatic carbocycles. The highest BCUT2D eigenvalue weighted by atomic mass is 32.1. The number of carbonyl (C=O) groups is 3. The number of thiophene rings is 1. The van der Waals surface area contributed by atoms with Gasteiger partial charge in [0.05, 0.1) is 6.61 Å². The first-order valence-electron chi connectivity index (χ1n) is 10.8. The Kier molecular flexibility index (Phi) is 7.28. The highest BCUT2D eigenvalue weighted by Crippen LogP contribution is 2.33. The van der Waals surface area contributed by atoms with Crippen LogP contribution in [0.4, 0.5) is 14.6 Å². The van der Waals surface area contributed by atoms with E-state index in [9.17, 15) is 14.4 Å². The van der Waals surface area contributed by atoms with Crippen molar-refractivity contribution in [3.05, 3.63) is 40.4 Å². The molecule has 1 aromatic rings. The molecule has 1 saturated heterocycles.